The molecular weight excluding hydrogens is 348 g/mol. The molecule has 2 N–H and O–H groups in total. The molecule has 0 atom stereocenters. The highest BCUT2D eigenvalue weighted by atomic mass is 35.5. The molecule has 2 heterocycles. The molecule has 0 aliphatic carbocycles. The molecule has 24 heavy (non-hydrogen) atoms. The summed E-state index contributed by atoms with van der Waals surface area (Å²) in [5.41, 5.74) is 1.53. The summed E-state index contributed by atoms with van der Waals surface area (Å²) in [6, 6.07) is 8.99. The highest BCUT2D eigenvalue weighted by molar-refractivity contribution is 7.99. The Bertz CT molecular complexity index is 832. The van der Waals surface area contributed by atoms with Crippen LogP contribution >= 0.6 is 23.4 Å². The second-order valence-electron chi connectivity index (χ2n) is 5.06. The third-order valence-electron chi connectivity index (χ3n) is 3.25. The van der Waals surface area contributed by atoms with E-state index in [2.05, 4.69) is 20.2 Å². The summed E-state index contributed by atoms with van der Waals surface area (Å²) < 4.78 is 5.65. The van der Waals surface area contributed by atoms with Crippen LogP contribution in [0.1, 0.15) is 21.9 Å². The molecule has 0 aliphatic rings. The van der Waals surface area contributed by atoms with Crippen molar-refractivity contribution in [3.8, 4) is 5.75 Å². The number of hydrogen-bond donors (Lipinski definition) is 2. The molecular formula is C16H15ClN4O2S. The molecule has 3 aromatic rings. The van der Waals surface area contributed by atoms with Crippen molar-refractivity contribution in [1.82, 2.24) is 20.2 Å². The van der Waals surface area contributed by atoms with E-state index in [4.69, 9.17) is 16.3 Å². The zero-order chi connectivity index (χ0) is 16.9. The monoisotopic (exact) mass is 362 g/mol. The second kappa shape index (κ2) is 7.55. The van der Waals surface area contributed by atoms with E-state index in [0.717, 1.165) is 5.56 Å². The number of nitrogens with zero attached hydrogens (tertiary/aromatic N) is 2. The summed E-state index contributed by atoms with van der Waals surface area (Å²) in [7, 11) is 0. The number of carbonyl (C=O) groups is 1. The molecule has 6 nitrogen and oxygen atoms in total. The van der Waals surface area contributed by atoms with Crippen LogP contribution in [0.4, 0.5) is 0 Å². The molecule has 0 saturated heterocycles. The number of H-pyrrole nitrogens is 2. The fourth-order valence-corrected chi connectivity index (χ4v) is 2.80. The van der Waals surface area contributed by atoms with E-state index < -0.39 is 0 Å². The Morgan fingerprint density at radius 3 is 3.00 bits per heavy atom. The highest BCUT2D eigenvalue weighted by Gasteiger charge is 2.10. The van der Waals surface area contributed by atoms with Gasteiger partial charge in [0.25, 0.3) is 0 Å². The maximum absolute atomic E-state index is 11.9. The number of aryl methyl sites for hydroxylation is 1. The third-order valence-corrected chi connectivity index (χ3v) is 4.52. The molecule has 3 rings (SSSR count). The maximum Gasteiger partial charge on any atom is 0.208 e. The van der Waals surface area contributed by atoms with Crippen molar-refractivity contribution in [2.45, 2.75) is 18.7 Å². The Labute approximate surface area is 148 Å². The minimum Gasteiger partial charge on any atom is -0.486 e. The summed E-state index contributed by atoms with van der Waals surface area (Å²) in [6.45, 7) is 2.18. The van der Waals surface area contributed by atoms with Crippen molar-refractivity contribution >= 4 is 29.1 Å². The highest BCUT2D eigenvalue weighted by Crippen LogP contribution is 2.22. The summed E-state index contributed by atoms with van der Waals surface area (Å²) in [4.78, 5) is 19.1. The first-order chi connectivity index (χ1) is 11.6. The largest absolute Gasteiger partial charge is 0.486 e. The van der Waals surface area contributed by atoms with Gasteiger partial charge in [-0.2, -0.15) is 0 Å². The van der Waals surface area contributed by atoms with Crippen molar-refractivity contribution in [2.24, 2.45) is 0 Å². The Morgan fingerprint density at radius 2 is 2.25 bits per heavy atom. The first-order valence-corrected chi connectivity index (χ1v) is 8.58. The van der Waals surface area contributed by atoms with Gasteiger partial charge in [-0.3, -0.25) is 9.89 Å². The summed E-state index contributed by atoms with van der Waals surface area (Å²) in [5, 5.41) is 8.10. The third kappa shape index (κ3) is 4.18. The zero-order valence-corrected chi connectivity index (χ0v) is 14.4. The number of ether oxygens (including phenoxy) is 1. The van der Waals surface area contributed by atoms with E-state index in [1.807, 2.05) is 13.0 Å². The number of halogens is 1. The van der Waals surface area contributed by atoms with Gasteiger partial charge in [0.1, 0.15) is 12.4 Å². The number of rotatable bonds is 7. The first-order valence-electron chi connectivity index (χ1n) is 7.21. The predicted octanol–water partition coefficient (Wildman–Crippen LogP) is 3.65. The fourth-order valence-electron chi connectivity index (χ4n) is 1.98. The number of benzene rings is 1. The summed E-state index contributed by atoms with van der Waals surface area (Å²) >= 11 is 7.26. The van der Waals surface area contributed by atoms with Crippen LogP contribution in [0.15, 0.2) is 41.7 Å². The number of aromatic amines is 2. The van der Waals surface area contributed by atoms with Crippen LogP contribution in [0.3, 0.4) is 0 Å². The molecule has 0 aliphatic heterocycles. The number of Topliss-reactive ketones (excluding diaryl/α,β-unsaturated/α-hetero) is 1. The van der Waals surface area contributed by atoms with Crippen LogP contribution in [0.5, 0.6) is 5.75 Å². The van der Waals surface area contributed by atoms with Crippen molar-refractivity contribution in [3.05, 3.63) is 58.6 Å². The maximum atomic E-state index is 11.9. The van der Waals surface area contributed by atoms with Crippen LogP contribution in [0, 0.1) is 6.92 Å². The molecule has 124 valence electrons. The van der Waals surface area contributed by atoms with Crippen LogP contribution in [0.25, 0.3) is 0 Å². The lowest BCUT2D eigenvalue weighted by Crippen LogP contribution is -2.02. The van der Waals surface area contributed by atoms with Crippen LogP contribution in [-0.4, -0.2) is 31.7 Å². The van der Waals surface area contributed by atoms with Gasteiger partial charge in [0.2, 0.25) is 5.16 Å². The van der Waals surface area contributed by atoms with Gasteiger partial charge in [-0.05, 0) is 42.8 Å². The number of ketones is 1. The second-order valence-corrected chi connectivity index (χ2v) is 6.41. The smallest absolute Gasteiger partial charge is 0.208 e. The fraction of sp³-hybridized carbons (Fsp3) is 0.188. The number of hydrogen-bond acceptors (Lipinski definition) is 5. The average Bonchev–Trinajstić information content (AvgIpc) is 3.25. The lowest BCUT2D eigenvalue weighted by atomic mass is 10.2. The molecule has 0 amide bonds. The Hall–Kier alpha value is -2.25. The van der Waals surface area contributed by atoms with Crippen LogP contribution < -0.4 is 4.74 Å². The predicted molar refractivity (Wildman–Crippen MR) is 92.8 cm³/mol. The first kappa shape index (κ1) is 16.6. The summed E-state index contributed by atoms with van der Waals surface area (Å²) in [5.74, 6) is 1.58. The van der Waals surface area contributed by atoms with Gasteiger partial charge in [-0.1, -0.05) is 23.4 Å². The Morgan fingerprint density at radius 1 is 1.38 bits per heavy atom. The van der Waals surface area contributed by atoms with Crippen molar-refractivity contribution < 1.29 is 9.53 Å². The van der Waals surface area contributed by atoms with Gasteiger partial charge in [0.15, 0.2) is 11.6 Å². The Kier molecular flexibility index (Phi) is 5.22. The van der Waals surface area contributed by atoms with E-state index in [-0.39, 0.29) is 18.1 Å². The van der Waals surface area contributed by atoms with Crippen molar-refractivity contribution in [2.75, 3.05) is 5.75 Å². The van der Waals surface area contributed by atoms with Crippen LogP contribution in [0.2, 0.25) is 5.02 Å². The minimum atomic E-state index is 0.00393. The number of aromatic nitrogens is 4. The zero-order valence-electron chi connectivity index (χ0n) is 12.9. The van der Waals surface area contributed by atoms with Crippen molar-refractivity contribution in [3.63, 3.8) is 0 Å². The summed E-state index contributed by atoms with van der Waals surface area (Å²) in [6.07, 6.45) is 1.72. The molecule has 0 radical (unpaired) electrons. The van der Waals surface area contributed by atoms with Gasteiger partial charge >= 0.3 is 0 Å². The van der Waals surface area contributed by atoms with E-state index in [1.54, 1.807) is 30.5 Å². The molecule has 1 aromatic carbocycles. The van der Waals surface area contributed by atoms with E-state index >= 15 is 0 Å². The molecule has 0 bridgehead atoms. The van der Waals surface area contributed by atoms with E-state index in [9.17, 15) is 4.79 Å². The molecule has 8 heteroatoms. The Balaban J connectivity index is 1.51. The lowest BCUT2D eigenvalue weighted by molar-refractivity contribution is 0.101. The van der Waals surface area contributed by atoms with Gasteiger partial charge in [0, 0.05) is 11.2 Å². The molecule has 2 aromatic heterocycles. The topological polar surface area (TPSA) is 83.7 Å². The van der Waals surface area contributed by atoms with Crippen LogP contribution in [-0.2, 0) is 6.61 Å². The number of nitrogens with one attached hydrogen (secondary N) is 2. The number of thioether (sulfide) groups is 1. The van der Waals surface area contributed by atoms with Gasteiger partial charge < -0.3 is 9.72 Å². The lowest BCUT2D eigenvalue weighted by Gasteiger charge is -2.05. The molecule has 0 fully saturated rings. The minimum absolute atomic E-state index is 0.00393. The van der Waals surface area contributed by atoms with Gasteiger partial charge in [-0.15, -0.1) is 5.10 Å². The standard InChI is InChI=1S/C16H15ClN4O2S/c1-10-7-11(4-5-12(10)17)23-8-15-19-16(21-20-15)24-9-14(22)13-3-2-6-18-13/h2-7,18H,8-9H2,1H3,(H,19,20,21). The average molecular weight is 363 g/mol. The van der Waals surface area contributed by atoms with Gasteiger partial charge in [0.05, 0.1) is 11.4 Å². The van der Waals surface area contributed by atoms with E-state index in [1.165, 1.54) is 11.8 Å². The van der Waals surface area contributed by atoms with E-state index in [0.29, 0.717) is 27.4 Å². The molecule has 0 saturated carbocycles. The normalized spacial score (nSPS) is 10.8. The SMILES string of the molecule is Cc1cc(OCc2nc(SCC(=O)c3ccc[nH]3)n[nH]2)ccc1Cl. The van der Waals surface area contributed by atoms with Crippen molar-refractivity contribution in [1.29, 1.82) is 0 Å². The van der Waals surface area contributed by atoms with Gasteiger partial charge in [-0.25, -0.2) is 4.98 Å². The quantitative estimate of drug-likeness (QED) is 0.495. The molecule has 0 unspecified atom stereocenters. The number of carbonyl (C=O) groups excluding carboxylic acids is 1. The molecule has 0 spiro atoms.